The number of hydrogen-bond donors (Lipinski definition) is 1. The average Bonchev–Trinajstić information content (AvgIpc) is 2.87. The van der Waals surface area contributed by atoms with Crippen molar-refractivity contribution in [1.29, 1.82) is 0 Å². The Balaban J connectivity index is 1.77. The Morgan fingerprint density at radius 1 is 1.56 bits per heavy atom. The molecule has 2 fully saturated rings. The van der Waals surface area contributed by atoms with Crippen molar-refractivity contribution in [3.8, 4) is 0 Å². The van der Waals surface area contributed by atoms with Crippen molar-refractivity contribution < 1.29 is 9.90 Å². The molecule has 2 rings (SSSR count). The maximum Gasteiger partial charge on any atom is 0.236 e. The second kappa shape index (κ2) is 5.38. The van der Waals surface area contributed by atoms with Gasteiger partial charge in [0.15, 0.2) is 0 Å². The summed E-state index contributed by atoms with van der Waals surface area (Å²) in [6.07, 6.45) is 1.61. The highest BCUT2D eigenvalue weighted by atomic mass is 32.2. The molecule has 92 valence electrons. The van der Waals surface area contributed by atoms with Crippen LogP contribution in [0.1, 0.15) is 12.8 Å². The Hall–Kier alpha value is -0.260. The minimum Gasteiger partial charge on any atom is -0.391 e. The van der Waals surface area contributed by atoms with Gasteiger partial charge in [-0.15, -0.1) is 0 Å². The first-order valence-corrected chi connectivity index (χ1v) is 7.06. The summed E-state index contributed by atoms with van der Waals surface area (Å²) in [5, 5.41) is 9.38. The number of thioether (sulfide) groups is 1. The van der Waals surface area contributed by atoms with Crippen LogP contribution in [0.15, 0.2) is 0 Å². The lowest BCUT2D eigenvalue weighted by molar-refractivity contribution is -0.131. The number of rotatable bonds is 3. The van der Waals surface area contributed by atoms with Gasteiger partial charge < -0.3 is 10.0 Å². The highest BCUT2D eigenvalue weighted by Crippen LogP contribution is 2.21. The zero-order valence-electron chi connectivity index (χ0n) is 9.76. The molecule has 0 aromatic heterocycles. The third-order valence-electron chi connectivity index (χ3n) is 3.43. The lowest BCUT2D eigenvalue weighted by atomic mass is 10.2. The van der Waals surface area contributed by atoms with Gasteiger partial charge in [-0.3, -0.25) is 9.69 Å². The van der Waals surface area contributed by atoms with Gasteiger partial charge in [0.2, 0.25) is 5.91 Å². The maximum absolute atomic E-state index is 11.9. The summed E-state index contributed by atoms with van der Waals surface area (Å²) in [7, 11) is 2.03. The number of hydrogen-bond acceptors (Lipinski definition) is 4. The van der Waals surface area contributed by atoms with Crippen molar-refractivity contribution in [2.24, 2.45) is 0 Å². The largest absolute Gasteiger partial charge is 0.391 e. The van der Waals surface area contributed by atoms with E-state index >= 15 is 0 Å². The summed E-state index contributed by atoms with van der Waals surface area (Å²) in [6, 6.07) is 0.557. The van der Waals surface area contributed by atoms with Gasteiger partial charge in [-0.05, 0) is 25.6 Å². The molecule has 0 bridgehead atoms. The second-order valence-corrected chi connectivity index (χ2v) is 5.86. The topological polar surface area (TPSA) is 43.8 Å². The summed E-state index contributed by atoms with van der Waals surface area (Å²) in [6.45, 7) is 1.73. The lowest BCUT2D eigenvalue weighted by Crippen LogP contribution is -2.42. The molecule has 4 nitrogen and oxygen atoms in total. The van der Waals surface area contributed by atoms with E-state index in [9.17, 15) is 9.90 Å². The summed E-state index contributed by atoms with van der Waals surface area (Å²) >= 11 is 1.96. The summed E-state index contributed by atoms with van der Waals surface area (Å²) < 4.78 is 0. The molecule has 1 amide bonds. The average molecular weight is 244 g/mol. The van der Waals surface area contributed by atoms with Crippen molar-refractivity contribution in [1.82, 2.24) is 9.80 Å². The molecule has 0 radical (unpaired) electrons. The molecule has 1 N–H and O–H groups in total. The van der Waals surface area contributed by atoms with Crippen LogP contribution in [0.5, 0.6) is 0 Å². The van der Waals surface area contributed by atoms with Gasteiger partial charge in [-0.25, -0.2) is 0 Å². The van der Waals surface area contributed by atoms with Crippen LogP contribution in [0.4, 0.5) is 0 Å². The van der Waals surface area contributed by atoms with E-state index in [1.807, 2.05) is 18.8 Å². The van der Waals surface area contributed by atoms with E-state index in [4.69, 9.17) is 0 Å². The Kier molecular flexibility index (Phi) is 4.10. The molecule has 2 heterocycles. The Labute approximate surface area is 101 Å². The van der Waals surface area contributed by atoms with Crippen molar-refractivity contribution in [3.05, 3.63) is 0 Å². The molecule has 1 unspecified atom stereocenters. The van der Waals surface area contributed by atoms with E-state index in [0.29, 0.717) is 25.7 Å². The fourth-order valence-electron chi connectivity index (χ4n) is 2.28. The second-order valence-electron chi connectivity index (χ2n) is 4.71. The zero-order valence-corrected chi connectivity index (χ0v) is 10.6. The standard InChI is InChI=1S/C11H20N2O2S/c1-12(9-3-5-16-8-9)7-11(15)13-4-2-10(14)6-13/h9-10,14H,2-8H2,1H3/t9?,10-/m1/s1. The Bertz CT molecular complexity index is 256. The first kappa shape index (κ1) is 12.2. The van der Waals surface area contributed by atoms with E-state index in [-0.39, 0.29) is 12.0 Å². The fraction of sp³-hybridized carbons (Fsp3) is 0.909. The first-order valence-electron chi connectivity index (χ1n) is 5.90. The minimum absolute atomic E-state index is 0.163. The molecule has 0 aliphatic carbocycles. The highest BCUT2D eigenvalue weighted by Gasteiger charge is 2.27. The number of aliphatic hydroxyl groups is 1. The van der Waals surface area contributed by atoms with Gasteiger partial charge >= 0.3 is 0 Å². The van der Waals surface area contributed by atoms with E-state index < -0.39 is 0 Å². The van der Waals surface area contributed by atoms with Crippen LogP contribution in [-0.2, 0) is 4.79 Å². The molecule has 0 saturated carbocycles. The van der Waals surface area contributed by atoms with E-state index in [1.165, 1.54) is 12.2 Å². The molecule has 2 saturated heterocycles. The van der Waals surface area contributed by atoms with Crippen LogP contribution >= 0.6 is 11.8 Å². The van der Waals surface area contributed by atoms with Crippen LogP contribution in [0.3, 0.4) is 0 Å². The maximum atomic E-state index is 11.9. The van der Waals surface area contributed by atoms with Crippen LogP contribution in [0.25, 0.3) is 0 Å². The third kappa shape index (κ3) is 2.90. The molecular formula is C11H20N2O2S. The predicted octanol–water partition coefficient (Wildman–Crippen LogP) is 0.0169. The number of likely N-dealkylation sites (tertiary alicyclic amines) is 1. The summed E-state index contributed by atoms with van der Waals surface area (Å²) in [4.78, 5) is 15.9. The molecule has 0 aromatic carbocycles. The van der Waals surface area contributed by atoms with E-state index in [2.05, 4.69) is 4.90 Å². The zero-order chi connectivity index (χ0) is 11.5. The summed E-state index contributed by atoms with van der Waals surface area (Å²) in [5.74, 6) is 2.52. The highest BCUT2D eigenvalue weighted by molar-refractivity contribution is 7.99. The Morgan fingerprint density at radius 2 is 2.38 bits per heavy atom. The van der Waals surface area contributed by atoms with Gasteiger partial charge in [-0.2, -0.15) is 11.8 Å². The van der Waals surface area contributed by atoms with Crippen molar-refractivity contribution in [2.75, 3.05) is 38.2 Å². The molecular weight excluding hydrogens is 224 g/mol. The van der Waals surface area contributed by atoms with Crippen LogP contribution in [-0.4, -0.2) is 71.1 Å². The number of aliphatic hydroxyl groups excluding tert-OH is 1. The van der Waals surface area contributed by atoms with Gasteiger partial charge in [0.05, 0.1) is 12.6 Å². The fourth-order valence-corrected chi connectivity index (χ4v) is 3.58. The van der Waals surface area contributed by atoms with Crippen LogP contribution < -0.4 is 0 Å². The Morgan fingerprint density at radius 3 is 2.94 bits per heavy atom. The monoisotopic (exact) mass is 244 g/mol. The molecule has 5 heteroatoms. The van der Waals surface area contributed by atoms with Gasteiger partial charge in [-0.1, -0.05) is 0 Å². The smallest absolute Gasteiger partial charge is 0.236 e. The molecule has 2 atom stereocenters. The van der Waals surface area contributed by atoms with Crippen LogP contribution in [0.2, 0.25) is 0 Å². The lowest BCUT2D eigenvalue weighted by Gasteiger charge is -2.25. The molecule has 2 aliphatic rings. The molecule has 0 aromatic rings. The predicted molar refractivity (Wildman–Crippen MR) is 65.6 cm³/mol. The molecule has 2 aliphatic heterocycles. The van der Waals surface area contributed by atoms with Crippen LogP contribution in [0, 0.1) is 0 Å². The van der Waals surface area contributed by atoms with Crippen molar-refractivity contribution >= 4 is 17.7 Å². The normalized spacial score (nSPS) is 30.3. The van der Waals surface area contributed by atoms with E-state index in [1.54, 1.807) is 4.90 Å². The van der Waals surface area contributed by atoms with Gasteiger partial charge in [0.25, 0.3) is 0 Å². The van der Waals surface area contributed by atoms with Gasteiger partial charge in [0.1, 0.15) is 0 Å². The quantitative estimate of drug-likeness (QED) is 0.760. The number of likely N-dealkylation sites (N-methyl/N-ethyl adjacent to an activating group) is 1. The van der Waals surface area contributed by atoms with E-state index in [0.717, 1.165) is 12.2 Å². The number of carbonyl (C=O) groups excluding carboxylic acids is 1. The number of β-amino-alcohol motifs (C(OH)–C–C–N with tert-alkyl or cyclic N) is 1. The molecule has 16 heavy (non-hydrogen) atoms. The van der Waals surface area contributed by atoms with Crippen molar-refractivity contribution in [2.45, 2.75) is 25.0 Å². The number of amides is 1. The first-order chi connectivity index (χ1) is 7.66. The number of carbonyl (C=O) groups is 1. The minimum atomic E-state index is -0.309. The molecule has 0 spiro atoms. The van der Waals surface area contributed by atoms with Gasteiger partial charge in [0, 0.05) is 24.9 Å². The summed E-state index contributed by atoms with van der Waals surface area (Å²) in [5.41, 5.74) is 0. The SMILES string of the molecule is CN(CC(=O)N1CC[C@@H](O)C1)C1CCSC1. The van der Waals surface area contributed by atoms with Crippen molar-refractivity contribution in [3.63, 3.8) is 0 Å². The third-order valence-corrected chi connectivity index (χ3v) is 4.57. The number of nitrogens with zero attached hydrogens (tertiary/aromatic N) is 2.